The number of nitrogens with zero attached hydrogens (tertiary/aromatic N) is 1. The van der Waals surface area contributed by atoms with Crippen LogP contribution in [0.15, 0.2) is 24.3 Å². The molecular formula is C10H11N3O. The standard InChI is InChI=1S/C10H11N3O/c1-7-2-4-8(5-3-7)13-10(14)9(12)6-11/h2-5,9H,12H2,1H3,(H,13,14). The van der Waals surface area contributed by atoms with Crippen LogP contribution in [-0.2, 0) is 4.79 Å². The summed E-state index contributed by atoms with van der Waals surface area (Å²) in [7, 11) is 0. The minimum atomic E-state index is -1.11. The summed E-state index contributed by atoms with van der Waals surface area (Å²) in [4.78, 5) is 11.2. The lowest BCUT2D eigenvalue weighted by Crippen LogP contribution is -2.33. The predicted octanol–water partition coefficient (Wildman–Crippen LogP) is 0.784. The molecule has 0 radical (unpaired) electrons. The summed E-state index contributed by atoms with van der Waals surface area (Å²) in [5.41, 5.74) is 6.97. The zero-order valence-corrected chi connectivity index (χ0v) is 7.82. The molecule has 0 fully saturated rings. The molecule has 1 atom stereocenters. The summed E-state index contributed by atoms with van der Waals surface area (Å²) < 4.78 is 0. The zero-order chi connectivity index (χ0) is 10.6. The van der Waals surface area contributed by atoms with Crippen LogP contribution in [0.4, 0.5) is 5.69 Å². The maximum Gasteiger partial charge on any atom is 0.255 e. The number of aryl methyl sites for hydroxylation is 1. The molecule has 0 aliphatic carbocycles. The van der Waals surface area contributed by atoms with Crippen LogP contribution in [0.1, 0.15) is 5.56 Å². The van der Waals surface area contributed by atoms with E-state index >= 15 is 0 Å². The second kappa shape index (κ2) is 4.40. The van der Waals surface area contributed by atoms with Gasteiger partial charge in [0.1, 0.15) is 0 Å². The van der Waals surface area contributed by atoms with E-state index in [1.54, 1.807) is 18.2 Å². The molecule has 0 aromatic heterocycles. The van der Waals surface area contributed by atoms with Gasteiger partial charge in [0.05, 0.1) is 6.07 Å². The number of hydrogen-bond donors (Lipinski definition) is 2. The minimum Gasteiger partial charge on any atom is -0.324 e. The number of rotatable bonds is 2. The number of carbonyl (C=O) groups is 1. The van der Waals surface area contributed by atoms with E-state index in [1.807, 2.05) is 19.1 Å². The van der Waals surface area contributed by atoms with Crippen molar-refractivity contribution in [3.63, 3.8) is 0 Å². The van der Waals surface area contributed by atoms with E-state index in [4.69, 9.17) is 11.0 Å². The highest BCUT2D eigenvalue weighted by molar-refractivity contribution is 5.96. The Morgan fingerprint density at radius 3 is 2.57 bits per heavy atom. The van der Waals surface area contributed by atoms with Gasteiger partial charge in [0, 0.05) is 5.69 Å². The average Bonchev–Trinajstić information content (AvgIpc) is 2.20. The number of anilines is 1. The molecule has 4 heteroatoms. The summed E-state index contributed by atoms with van der Waals surface area (Å²) in [5, 5.41) is 10.9. The number of nitriles is 1. The van der Waals surface area contributed by atoms with E-state index in [9.17, 15) is 4.79 Å². The SMILES string of the molecule is Cc1ccc(NC(=O)C(N)C#N)cc1. The van der Waals surface area contributed by atoms with Crippen LogP contribution in [0.2, 0.25) is 0 Å². The van der Waals surface area contributed by atoms with Gasteiger partial charge in [-0.3, -0.25) is 4.79 Å². The molecule has 1 aromatic rings. The predicted molar refractivity (Wildman–Crippen MR) is 53.4 cm³/mol. The van der Waals surface area contributed by atoms with E-state index < -0.39 is 11.9 Å². The number of amides is 1. The van der Waals surface area contributed by atoms with Crippen molar-refractivity contribution >= 4 is 11.6 Å². The Morgan fingerprint density at radius 2 is 2.07 bits per heavy atom. The van der Waals surface area contributed by atoms with Crippen molar-refractivity contribution in [3.8, 4) is 6.07 Å². The minimum absolute atomic E-state index is 0.489. The van der Waals surface area contributed by atoms with Gasteiger partial charge in [0.15, 0.2) is 6.04 Å². The average molecular weight is 189 g/mol. The first-order valence-electron chi connectivity index (χ1n) is 4.16. The molecule has 0 saturated heterocycles. The summed E-state index contributed by atoms with van der Waals surface area (Å²) in [6.07, 6.45) is 0. The first-order chi connectivity index (χ1) is 6.63. The molecule has 1 rings (SSSR count). The summed E-state index contributed by atoms with van der Waals surface area (Å²) >= 11 is 0. The van der Waals surface area contributed by atoms with Crippen LogP contribution in [0.5, 0.6) is 0 Å². The van der Waals surface area contributed by atoms with Crippen molar-refractivity contribution in [3.05, 3.63) is 29.8 Å². The molecule has 4 nitrogen and oxygen atoms in total. The number of nitrogens with two attached hydrogens (primary N) is 1. The molecule has 1 aromatic carbocycles. The van der Waals surface area contributed by atoms with Gasteiger partial charge in [0.25, 0.3) is 5.91 Å². The highest BCUT2D eigenvalue weighted by Crippen LogP contribution is 2.08. The van der Waals surface area contributed by atoms with Crippen molar-refractivity contribution in [1.82, 2.24) is 0 Å². The Hall–Kier alpha value is -1.86. The molecule has 0 heterocycles. The third-order valence-corrected chi connectivity index (χ3v) is 1.74. The number of benzene rings is 1. The van der Waals surface area contributed by atoms with Gasteiger partial charge in [-0.15, -0.1) is 0 Å². The molecule has 1 amide bonds. The lowest BCUT2D eigenvalue weighted by molar-refractivity contribution is -0.116. The fourth-order valence-electron chi connectivity index (χ4n) is 0.916. The van der Waals surface area contributed by atoms with Crippen LogP contribution in [0, 0.1) is 18.3 Å². The van der Waals surface area contributed by atoms with Crippen LogP contribution in [0.3, 0.4) is 0 Å². The number of hydrogen-bond acceptors (Lipinski definition) is 3. The zero-order valence-electron chi connectivity index (χ0n) is 7.82. The number of nitrogens with one attached hydrogen (secondary N) is 1. The van der Waals surface area contributed by atoms with Gasteiger partial charge in [0.2, 0.25) is 0 Å². The van der Waals surface area contributed by atoms with Gasteiger partial charge >= 0.3 is 0 Å². The van der Waals surface area contributed by atoms with Gasteiger partial charge in [-0.1, -0.05) is 17.7 Å². The Morgan fingerprint density at radius 1 is 1.50 bits per heavy atom. The van der Waals surface area contributed by atoms with E-state index in [2.05, 4.69) is 5.32 Å². The molecular weight excluding hydrogens is 178 g/mol. The first kappa shape index (κ1) is 10.2. The maximum atomic E-state index is 11.2. The fraction of sp³-hybridized carbons (Fsp3) is 0.200. The topological polar surface area (TPSA) is 78.9 Å². The molecule has 3 N–H and O–H groups in total. The Kier molecular flexibility index (Phi) is 3.21. The van der Waals surface area contributed by atoms with E-state index in [0.717, 1.165) is 5.56 Å². The maximum absolute atomic E-state index is 11.2. The highest BCUT2D eigenvalue weighted by Gasteiger charge is 2.11. The van der Waals surface area contributed by atoms with E-state index in [0.29, 0.717) is 5.69 Å². The molecule has 0 aliphatic heterocycles. The van der Waals surface area contributed by atoms with Gasteiger partial charge in [-0.05, 0) is 19.1 Å². The molecule has 1 unspecified atom stereocenters. The smallest absolute Gasteiger partial charge is 0.255 e. The molecule has 0 saturated carbocycles. The summed E-state index contributed by atoms with van der Waals surface area (Å²) in [5.74, 6) is -0.489. The highest BCUT2D eigenvalue weighted by atomic mass is 16.2. The van der Waals surface area contributed by atoms with Crippen LogP contribution in [-0.4, -0.2) is 11.9 Å². The summed E-state index contributed by atoms with van der Waals surface area (Å²) in [6.45, 7) is 1.95. The molecule has 0 aliphatic rings. The Balaban J connectivity index is 2.66. The van der Waals surface area contributed by atoms with Gasteiger partial charge in [-0.25, -0.2) is 0 Å². The molecule has 14 heavy (non-hydrogen) atoms. The first-order valence-corrected chi connectivity index (χ1v) is 4.16. The van der Waals surface area contributed by atoms with Crippen molar-refractivity contribution in [2.75, 3.05) is 5.32 Å². The lowest BCUT2D eigenvalue weighted by Gasteiger charge is -2.05. The van der Waals surface area contributed by atoms with Crippen LogP contribution in [0.25, 0.3) is 0 Å². The van der Waals surface area contributed by atoms with Crippen molar-refractivity contribution in [2.45, 2.75) is 13.0 Å². The van der Waals surface area contributed by atoms with Crippen molar-refractivity contribution in [2.24, 2.45) is 5.73 Å². The molecule has 0 spiro atoms. The fourth-order valence-corrected chi connectivity index (χ4v) is 0.916. The monoisotopic (exact) mass is 189 g/mol. The normalized spacial score (nSPS) is 11.5. The summed E-state index contributed by atoms with van der Waals surface area (Å²) in [6, 6.07) is 7.81. The largest absolute Gasteiger partial charge is 0.324 e. The number of carbonyl (C=O) groups excluding carboxylic acids is 1. The Bertz CT molecular complexity index is 364. The van der Waals surface area contributed by atoms with Crippen molar-refractivity contribution in [1.29, 1.82) is 5.26 Å². The van der Waals surface area contributed by atoms with Crippen LogP contribution >= 0.6 is 0 Å². The quantitative estimate of drug-likeness (QED) is 0.721. The second-order valence-electron chi connectivity index (χ2n) is 2.96. The van der Waals surface area contributed by atoms with Crippen LogP contribution < -0.4 is 11.1 Å². The van der Waals surface area contributed by atoms with Gasteiger partial charge < -0.3 is 11.1 Å². The Labute approximate surface area is 82.3 Å². The second-order valence-corrected chi connectivity index (χ2v) is 2.96. The third-order valence-electron chi connectivity index (χ3n) is 1.74. The molecule has 72 valence electrons. The third kappa shape index (κ3) is 2.57. The van der Waals surface area contributed by atoms with E-state index in [-0.39, 0.29) is 0 Å². The van der Waals surface area contributed by atoms with Crippen molar-refractivity contribution < 1.29 is 4.79 Å². The van der Waals surface area contributed by atoms with Gasteiger partial charge in [-0.2, -0.15) is 5.26 Å². The molecule has 0 bridgehead atoms. The van der Waals surface area contributed by atoms with E-state index in [1.165, 1.54) is 0 Å². The lowest BCUT2D eigenvalue weighted by atomic mass is 10.2.